The zero-order chi connectivity index (χ0) is 26.2. The van der Waals surface area contributed by atoms with E-state index in [-0.39, 0.29) is 5.91 Å². The number of carbonyl (C=O) groups excluding carboxylic acids is 1. The van der Waals surface area contributed by atoms with Gasteiger partial charge < -0.3 is 24.8 Å². The molecule has 0 radical (unpaired) electrons. The SMILES string of the molecule is [C-]#[N+]c1ccc(CNC(=O)[C@@H](CC2CCCCC2)Nc2cc(-n3cccc3)nc(N3CCOCC3)n2)cc1. The van der Waals surface area contributed by atoms with Crippen LogP contribution in [0, 0.1) is 12.5 Å². The third kappa shape index (κ3) is 6.69. The molecule has 1 aromatic carbocycles. The van der Waals surface area contributed by atoms with Crippen LogP contribution in [0.1, 0.15) is 44.1 Å². The van der Waals surface area contributed by atoms with Gasteiger partial charge in [0.15, 0.2) is 5.69 Å². The van der Waals surface area contributed by atoms with Gasteiger partial charge in [-0.3, -0.25) is 4.79 Å². The maximum Gasteiger partial charge on any atom is 0.242 e. The summed E-state index contributed by atoms with van der Waals surface area (Å²) < 4.78 is 7.48. The molecule has 9 nitrogen and oxygen atoms in total. The maximum absolute atomic E-state index is 13.5. The van der Waals surface area contributed by atoms with Gasteiger partial charge >= 0.3 is 0 Å². The fraction of sp³-hybridized carbons (Fsp3) is 0.448. The molecule has 1 saturated heterocycles. The molecule has 38 heavy (non-hydrogen) atoms. The number of amides is 1. The molecule has 1 saturated carbocycles. The molecule has 1 aliphatic heterocycles. The zero-order valence-corrected chi connectivity index (χ0v) is 21.7. The Bertz CT molecular complexity index is 1220. The van der Waals surface area contributed by atoms with Crippen LogP contribution in [-0.2, 0) is 16.1 Å². The molecule has 1 aliphatic carbocycles. The molecule has 0 spiro atoms. The number of hydrogen-bond acceptors (Lipinski definition) is 6. The van der Waals surface area contributed by atoms with Gasteiger partial charge in [-0.1, -0.05) is 56.4 Å². The van der Waals surface area contributed by atoms with Crippen molar-refractivity contribution < 1.29 is 9.53 Å². The van der Waals surface area contributed by atoms with E-state index >= 15 is 0 Å². The number of nitrogens with one attached hydrogen (secondary N) is 2. The Morgan fingerprint density at radius 2 is 1.82 bits per heavy atom. The number of nitrogens with zero attached hydrogens (tertiary/aromatic N) is 5. The largest absolute Gasteiger partial charge is 0.378 e. The summed E-state index contributed by atoms with van der Waals surface area (Å²) in [6.45, 7) is 10.3. The Morgan fingerprint density at radius 3 is 2.53 bits per heavy atom. The first-order valence-corrected chi connectivity index (χ1v) is 13.5. The molecule has 3 aromatic rings. The Kier molecular flexibility index (Phi) is 8.51. The molecule has 2 N–H and O–H groups in total. The van der Waals surface area contributed by atoms with Gasteiger partial charge in [0.25, 0.3) is 0 Å². The van der Waals surface area contributed by atoms with E-state index in [4.69, 9.17) is 21.3 Å². The lowest BCUT2D eigenvalue weighted by molar-refractivity contribution is -0.122. The molecule has 5 rings (SSSR count). The van der Waals surface area contributed by atoms with Gasteiger partial charge in [-0.15, -0.1) is 0 Å². The number of benzene rings is 1. The van der Waals surface area contributed by atoms with Crippen LogP contribution < -0.4 is 15.5 Å². The van der Waals surface area contributed by atoms with Crippen LogP contribution in [-0.4, -0.2) is 52.8 Å². The second-order valence-corrected chi connectivity index (χ2v) is 10.0. The van der Waals surface area contributed by atoms with Crippen molar-refractivity contribution >= 4 is 23.4 Å². The minimum Gasteiger partial charge on any atom is -0.378 e. The minimum absolute atomic E-state index is 0.0427. The van der Waals surface area contributed by atoms with Crippen LogP contribution in [0.4, 0.5) is 17.5 Å². The van der Waals surface area contributed by atoms with E-state index in [9.17, 15) is 4.79 Å². The third-order valence-corrected chi connectivity index (χ3v) is 7.33. The second kappa shape index (κ2) is 12.6. The van der Waals surface area contributed by atoms with E-state index in [1.165, 1.54) is 19.3 Å². The smallest absolute Gasteiger partial charge is 0.242 e. The fourth-order valence-corrected chi connectivity index (χ4v) is 5.19. The van der Waals surface area contributed by atoms with Crippen molar-refractivity contribution in [3.63, 3.8) is 0 Å². The first-order valence-electron chi connectivity index (χ1n) is 13.5. The molecule has 0 bridgehead atoms. The molecule has 2 aliphatic rings. The lowest BCUT2D eigenvalue weighted by atomic mass is 9.84. The summed E-state index contributed by atoms with van der Waals surface area (Å²) >= 11 is 0. The predicted octanol–water partition coefficient (Wildman–Crippen LogP) is 4.72. The summed E-state index contributed by atoms with van der Waals surface area (Å²) in [6, 6.07) is 12.8. The standard InChI is InChI=1S/C29H35N7O2/c1-30-24-11-9-23(10-12-24)21-31-28(37)25(19-22-7-3-2-4-8-22)32-26-20-27(35-13-5-6-14-35)34-29(33-26)36-15-17-38-18-16-36/h5-6,9-14,20,22,25H,2-4,7-8,15-19,21H2,(H,31,37)(H,32,33,34)/t25-/m1/s1. The number of anilines is 2. The Morgan fingerprint density at radius 1 is 1.08 bits per heavy atom. The number of rotatable bonds is 9. The fourth-order valence-electron chi connectivity index (χ4n) is 5.19. The highest BCUT2D eigenvalue weighted by molar-refractivity contribution is 5.84. The minimum atomic E-state index is -0.412. The molecule has 198 valence electrons. The van der Waals surface area contributed by atoms with Gasteiger partial charge in [0.05, 0.1) is 19.8 Å². The lowest BCUT2D eigenvalue weighted by Crippen LogP contribution is -2.41. The molecule has 9 heteroatoms. The van der Waals surface area contributed by atoms with E-state index in [1.54, 1.807) is 12.1 Å². The van der Waals surface area contributed by atoms with Gasteiger partial charge in [-0.05, 0) is 30.0 Å². The second-order valence-electron chi connectivity index (χ2n) is 10.0. The van der Waals surface area contributed by atoms with E-state index < -0.39 is 6.04 Å². The maximum atomic E-state index is 13.5. The topological polar surface area (TPSA) is 88.7 Å². The van der Waals surface area contributed by atoms with E-state index in [2.05, 4.69) is 20.4 Å². The van der Waals surface area contributed by atoms with Gasteiger partial charge in [-0.25, -0.2) is 4.85 Å². The van der Waals surface area contributed by atoms with Gasteiger partial charge in [0, 0.05) is 38.1 Å². The third-order valence-electron chi connectivity index (χ3n) is 7.33. The van der Waals surface area contributed by atoms with Crippen molar-refractivity contribution in [1.29, 1.82) is 0 Å². The Hall–Kier alpha value is -3.90. The van der Waals surface area contributed by atoms with E-state index in [1.807, 2.05) is 47.3 Å². The summed E-state index contributed by atoms with van der Waals surface area (Å²) in [5.74, 6) is 2.50. The highest BCUT2D eigenvalue weighted by Gasteiger charge is 2.26. The number of carbonyl (C=O) groups is 1. The van der Waals surface area contributed by atoms with Gasteiger partial charge in [0.1, 0.15) is 17.7 Å². The molecule has 1 atom stereocenters. The molecule has 0 unspecified atom stereocenters. The highest BCUT2D eigenvalue weighted by Crippen LogP contribution is 2.29. The average molecular weight is 514 g/mol. The average Bonchev–Trinajstić information content (AvgIpc) is 3.52. The number of ether oxygens (including phenoxy) is 1. The lowest BCUT2D eigenvalue weighted by Gasteiger charge is -2.29. The molecular formula is C29H35N7O2. The monoisotopic (exact) mass is 513 g/mol. The molecule has 2 aromatic heterocycles. The van der Waals surface area contributed by atoms with Crippen molar-refractivity contribution in [3.8, 4) is 5.82 Å². The summed E-state index contributed by atoms with van der Waals surface area (Å²) in [4.78, 5) is 28.8. The molecule has 2 fully saturated rings. The Balaban J connectivity index is 1.37. The van der Waals surface area contributed by atoms with Crippen molar-refractivity contribution in [3.05, 3.63) is 71.8 Å². The van der Waals surface area contributed by atoms with Gasteiger partial charge in [-0.2, -0.15) is 9.97 Å². The number of morpholine rings is 1. The van der Waals surface area contributed by atoms with Crippen LogP contribution in [0.2, 0.25) is 0 Å². The Labute approximate surface area is 224 Å². The summed E-state index contributed by atoms with van der Waals surface area (Å²) in [6.07, 6.45) is 10.7. The molecule has 3 heterocycles. The number of aromatic nitrogens is 3. The van der Waals surface area contributed by atoms with E-state index in [0.29, 0.717) is 43.1 Å². The van der Waals surface area contributed by atoms with Crippen LogP contribution in [0.5, 0.6) is 0 Å². The van der Waals surface area contributed by atoms with Crippen LogP contribution in [0.25, 0.3) is 10.7 Å². The first-order chi connectivity index (χ1) is 18.7. The summed E-state index contributed by atoms with van der Waals surface area (Å²) in [5.41, 5.74) is 1.56. The zero-order valence-electron chi connectivity index (χ0n) is 21.7. The van der Waals surface area contributed by atoms with E-state index in [0.717, 1.165) is 43.7 Å². The van der Waals surface area contributed by atoms with Crippen LogP contribution >= 0.6 is 0 Å². The van der Waals surface area contributed by atoms with Crippen LogP contribution in [0.15, 0.2) is 54.9 Å². The van der Waals surface area contributed by atoms with Crippen LogP contribution in [0.3, 0.4) is 0 Å². The molecular weight excluding hydrogens is 478 g/mol. The first kappa shape index (κ1) is 25.7. The van der Waals surface area contributed by atoms with Gasteiger partial charge in [0.2, 0.25) is 11.9 Å². The quantitative estimate of drug-likeness (QED) is 0.403. The van der Waals surface area contributed by atoms with Crippen molar-refractivity contribution in [2.45, 2.75) is 51.1 Å². The van der Waals surface area contributed by atoms with Crippen molar-refractivity contribution in [2.75, 3.05) is 36.5 Å². The summed E-state index contributed by atoms with van der Waals surface area (Å²) in [7, 11) is 0. The summed E-state index contributed by atoms with van der Waals surface area (Å²) in [5, 5.41) is 6.60. The number of hydrogen-bond donors (Lipinski definition) is 2. The predicted molar refractivity (Wildman–Crippen MR) is 148 cm³/mol. The molecule has 1 amide bonds. The van der Waals surface area contributed by atoms with Crippen molar-refractivity contribution in [2.24, 2.45) is 5.92 Å². The van der Waals surface area contributed by atoms with Crippen molar-refractivity contribution in [1.82, 2.24) is 19.9 Å². The normalized spacial score (nSPS) is 17.0. The highest BCUT2D eigenvalue weighted by atomic mass is 16.5.